The molecule has 0 heterocycles. The van der Waals surface area contributed by atoms with E-state index in [2.05, 4.69) is 15.9 Å². The first-order valence-corrected chi connectivity index (χ1v) is 8.71. The number of amides is 1. The highest BCUT2D eigenvalue weighted by Gasteiger charge is 2.11. The van der Waals surface area contributed by atoms with Gasteiger partial charge in [0.2, 0.25) is 5.91 Å². The van der Waals surface area contributed by atoms with E-state index < -0.39 is 0 Å². The molecule has 4 nitrogen and oxygen atoms in total. The second kappa shape index (κ2) is 8.92. The first-order chi connectivity index (χ1) is 12.0. The quantitative estimate of drug-likeness (QED) is 0.626. The highest BCUT2D eigenvalue weighted by Crippen LogP contribution is 2.36. The van der Waals surface area contributed by atoms with Crippen molar-refractivity contribution in [2.24, 2.45) is 0 Å². The number of benzene rings is 2. The van der Waals surface area contributed by atoms with E-state index in [0.717, 1.165) is 15.6 Å². The van der Waals surface area contributed by atoms with E-state index in [4.69, 9.17) is 21.1 Å². The van der Waals surface area contributed by atoms with Gasteiger partial charge in [0.25, 0.3) is 0 Å². The van der Waals surface area contributed by atoms with Crippen molar-refractivity contribution in [1.82, 2.24) is 4.90 Å². The highest BCUT2D eigenvalue weighted by atomic mass is 79.9. The lowest BCUT2D eigenvalue weighted by atomic mass is 10.1. The maximum atomic E-state index is 12.3. The molecule has 6 heteroatoms. The molecule has 0 unspecified atom stereocenters. The Morgan fingerprint density at radius 2 is 1.96 bits per heavy atom. The Bertz CT molecular complexity index is 792. The SMILES string of the molecule is COc1cc(/C=C/C(=O)N(C)Cc2ccccc2Br)cc(Cl)c1OC. The summed E-state index contributed by atoms with van der Waals surface area (Å²) in [6.07, 6.45) is 3.21. The molecule has 0 saturated carbocycles. The number of hydrogen-bond acceptors (Lipinski definition) is 3. The van der Waals surface area contributed by atoms with Crippen molar-refractivity contribution in [2.75, 3.05) is 21.3 Å². The average molecular weight is 425 g/mol. The fraction of sp³-hybridized carbons (Fsp3) is 0.211. The lowest BCUT2D eigenvalue weighted by Gasteiger charge is -2.16. The first kappa shape index (κ1) is 19.3. The summed E-state index contributed by atoms with van der Waals surface area (Å²) < 4.78 is 11.4. The summed E-state index contributed by atoms with van der Waals surface area (Å²) in [4.78, 5) is 14.0. The van der Waals surface area contributed by atoms with Crippen molar-refractivity contribution < 1.29 is 14.3 Å². The summed E-state index contributed by atoms with van der Waals surface area (Å²) in [6.45, 7) is 0.511. The van der Waals surface area contributed by atoms with Crippen LogP contribution in [-0.4, -0.2) is 32.1 Å². The molecule has 0 fully saturated rings. The number of rotatable bonds is 6. The van der Waals surface area contributed by atoms with Crippen molar-refractivity contribution in [3.63, 3.8) is 0 Å². The second-order valence-corrected chi connectivity index (χ2v) is 6.62. The molecular weight excluding hydrogens is 406 g/mol. The summed E-state index contributed by atoms with van der Waals surface area (Å²) in [5.41, 5.74) is 1.80. The van der Waals surface area contributed by atoms with Gasteiger partial charge in [-0.25, -0.2) is 0 Å². The number of carbonyl (C=O) groups excluding carboxylic acids is 1. The van der Waals surface area contributed by atoms with Gasteiger partial charge in [-0.05, 0) is 35.4 Å². The Labute approximate surface area is 161 Å². The highest BCUT2D eigenvalue weighted by molar-refractivity contribution is 9.10. The van der Waals surface area contributed by atoms with Gasteiger partial charge in [-0.15, -0.1) is 0 Å². The van der Waals surface area contributed by atoms with E-state index in [9.17, 15) is 4.79 Å². The zero-order valence-electron chi connectivity index (χ0n) is 14.3. The van der Waals surface area contributed by atoms with Gasteiger partial charge in [-0.2, -0.15) is 0 Å². The Morgan fingerprint density at radius 3 is 2.60 bits per heavy atom. The molecule has 2 aromatic rings. The van der Waals surface area contributed by atoms with Gasteiger partial charge in [-0.1, -0.05) is 45.7 Å². The van der Waals surface area contributed by atoms with E-state index >= 15 is 0 Å². The number of likely N-dealkylation sites (N-methyl/N-ethyl adjacent to an activating group) is 1. The van der Waals surface area contributed by atoms with Crippen molar-refractivity contribution in [3.05, 3.63) is 63.1 Å². The zero-order valence-corrected chi connectivity index (χ0v) is 16.6. The molecule has 0 radical (unpaired) electrons. The molecule has 25 heavy (non-hydrogen) atoms. The monoisotopic (exact) mass is 423 g/mol. The molecule has 0 aromatic heterocycles. The van der Waals surface area contributed by atoms with E-state index in [1.165, 1.54) is 13.2 Å². The van der Waals surface area contributed by atoms with Gasteiger partial charge in [0, 0.05) is 24.1 Å². The van der Waals surface area contributed by atoms with Crippen molar-refractivity contribution in [1.29, 1.82) is 0 Å². The van der Waals surface area contributed by atoms with Crippen LogP contribution in [0.1, 0.15) is 11.1 Å². The minimum Gasteiger partial charge on any atom is -0.493 e. The minimum absolute atomic E-state index is 0.110. The van der Waals surface area contributed by atoms with Gasteiger partial charge >= 0.3 is 0 Å². The normalized spacial score (nSPS) is 10.8. The number of carbonyl (C=O) groups is 1. The van der Waals surface area contributed by atoms with Crippen molar-refractivity contribution in [2.45, 2.75) is 6.54 Å². The Hall–Kier alpha value is -1.98. The van der Waals surface area contributed by atoms with Gasteiger partial charge in [0.05, 0.1) is 19.2 Å². The van der Waals surface area contributed by atoms with Crippen LogP contribution in [0.2, 0.25) is 5.02 Å². The molecule has 0 saturated heterocycles. The summed E-state index contributed by atoms with van der Waals surface area (Å²) in [7, 11) is 4.82. The average Bonchev–Trinajstić information content (AvgIpc) is 2.60. The van der Waals surface area contributed by atoms with Crippen LogP contribution in [0, 0.1) is 0 Å². The van der Waals surface area contributed by atoms with Crippen molar-refractivity contribution >= 4 is 39.5 Å². The van der Waals surface area contributed by atoms with Crippen LogP contribution in [0.15, 0.2) is 46.9 Å². The Balaban J connectivity index is 2.12. The molecule has 2 rings (SSSR count). The third-order valence-corrected chi connectivity index (χ3v) is 4.67. The molecule has 0 atom stereocenters. The Morgan fingerprint density at radius 1 is 1.24 bits per heavy atom. The standard InChI is InChI=1S/C19H19BrClNO3/c1-22(12-14-6-4-5-7-15(14)20)18(23)9-8-13-10-16(21)19(25-3)17(11-13)24-2/h4-11H,12H2,1-3H3/b9-8+. The molecule has 2 aromatic carbocycles. The summed E-state index contributed by atoms with van der Waals surface area (Å²) in [5.74, 6) is 0.879. The fourth-order valence-electron chi connectivity index (χ4n) is 2.29. The molecule has 0 N–H and O–H groups in total. The number of nitrogens with zero attached hydrogens (tertiary/aromatic N) is 1. The van der Waals surface area contributed by atoms with E-state index in [0.29, 0.717) is 23.1 Å². The predicted octanol–water partition coefficient (Wildman–Crippen LogP) is 4.79. The molecular formula is C19H19BrClNO3. The van der Waals surface area contributed by atoms with Gasteiger partial charge < -0.3 is 14.4 Å². The van der Waals surface area contributed by atoms with Crippen LogP contribution in [0.3, 0.4) is 0 Å². The number of methoxy groups -OCH3 is 2. The lowest BCUT2D eigenvalue weighted by molar-refractivity contribution is -0.125. The predicted molar refractivity (Wildman–Crippen MR) is 104 cm³/mol. The largest absolute Gasteiger partial charge is 0.493 e. The molecule has 1 amide bonds. The van der Waals surface area contributed by atoms with E-state index in [1.54, 1.807) is 37.3 Å². The molecule has 0 bridgehead atoms. The third kappa shape index (κ3) is 5.00. The maximum Gasteiger partial charge on any atom is 0.246 e. The van der Waals surface area contributed by atoms with Crippen LogP contribution in [0.5, 0.6) is 11.5 Å². The lowest BCUT2D eigenvalue weighted by Crippen LogP contribution is -2.24. The third-order valence-electron chi connectivity index (χ3n) is 3.62. The number of ether oxygens (including phenoxy) is 2. The van der Waals surface area contributed by atoms with Gasteiger partial charge in [-0.3, -0.25) is 4.79 Å². The first-order valence-electron chi connectivity index (χ1n) is 7.54. The smallest absolute Gasteiger partial charge is 0.246 e. The second-order valence-electron chi connectivity index (χ2n) is 5.36. The van der Waals surface area contributed by atoms with Crippen LogP contribution in [-0.2, 0) is 11.3 Å². The van der Waals surface area contributed by atoms with E-state index in [1.807, 2.05) is 24.3 Å². The molecule has 0 spiro atoms. The molecule has 0 aliphatic heterocycles. The Kier molecular flexibility index (Phi) is 6.91. The van der Waals surface area contributed by atoms with Gasteiger partial charge in [0.15, 0.2) is 11.5 Å². The van der Waals surface area contributed by atoms with Crippen LogP contribution >= 0.6 is 27.5 Å². The van der Waals surface area contributed by atoms with Crippen molar-refractivity contribution in [3.8, 4) is 11.5 Å². The van der Waals surface area contributed by atoms with Crippen LogP contribution in [0.25, 0.3) is 6.08 Å². The molecule has 0 aliphatic carbocycles. The van der Waals surface area contributed by atoms with Crippen LogP contribution < -0.4 is 9.47 Å². The fourth-order valence-corrected chi connectivity index (χ4v) is 3.00. The summed E-state index contributed by atoms with van der Waals surface area (Å²) >= 11 is 9.67. The zero-order chi connectivity index (χ0) is 18.4. The summed E-state index contributed by atoms with van der Waals surface area (Å²) in [5, 5.41) is 0.426. The van der Waals surface area contributed by atoms with Gasteiger partial charge in [0.1, 0.15) is 0 Å². The minimum atomic E-state index is -0.110. The topological polar surface area (TPSA) is 38.8 Å². The van der Waals surface area contributed by atoms with E-state index in [-0.39, 0.29) is 5.91 Å². The molecule has 0 aliphatic rings. The number of hydrogen-bond donors (Lipinski definition) is 0. The molecule has 132 valence electrons. The van der Waals surface area contributed by atoms with Crippen LogP contribution in [0.4, 0.5) is 0 Å². The summed E-state index contributed by atoms with van der Waals surface area (Å²) in [6, 6.07) is 11.3. The number of halogens is 2. The maximum absolute atomic E-state index is 12.3.